The van der Waals surface area contributed by atoms with Crippen molar-refractivity contribution in [2.24, 2.45) is 0 Å². The molecule has 1 rings (SSSR count). The van der Waals surface area contributed by atoms with Crippen LogP contribution in [0.15, 0.2) is 6.20 Å². The highest BCUT2D eigenvalue weighted by Gasteiger charge is 2.24. The number of aromatic nitrogens is 1. The van der Waals surface area contributed by atoms with Crippen LogP contribution < -0.4 is 10.6 Å². The molecule has 10 heteroatoms. The smallest absolute Gasteiger partial charge is 0.359 e. The molecule has 0 fully saturated rings. The van der Waals surface area contributed by atoms with Crippen molar-refractivity contribution < 1.29 is 19.1 Å². The molecule has 0 aliphatic heterocycles. The van der Waals surface area contributed by atoms with E-state index < -0.39 is 24.0 Å². The maximum absolute atomic E-state index is 11.8. The van der Waals surface area contributed by atoms with Gasteiger partial charge in [0.2, 0.25) is 0 Å². The van der Waals surface area contributed by atoms with Crippen LogP contribution in [0, 0.1) is 0 Å². The lowest BCUT2D eigenvalue weighted by atomic mass is 10.3. The van der Waals surface area contributed by atoms with Gasteiger partial charge in [-0.05, 0) is 6.92 Å². The Balaban J connectivity index is 2.80. The molecule has 0 aliphatic carbocycles. The standard InChI is InChI=1S/C11H10Cl3N3O4/c1-4(9(18)17-11(20)15-2)21-10(19)8-7(14)6(13)5(12)3-16-8/h3-4H,1-2H3,(H2,15,17,18,20)/t4-/m1/s1. The topological polar surface area (TPSA) is 97.4 Å². The number of amides is 3. The van der Waals surface area contributed by atoms with Crippen LogP contribution in [0.2, 0.25) is 15.1 Å². The van der Waals surface area contributed by atoms with E-state index in [-0.39, 0.29) is 20.8 Å². The zero-order valence-electron chi connectivity index (χ0n) is 10.9. The minimum atomic E-state index is -1.23. The Kier molecular flexibility index (Phi) is 6.19. The Morgan fingerprint density at radius 3 is 2.43 bits per heavy atom. The highest BCUT2D eigenvalue weighted by molar-refractivity contribution is 6.48. The zero-order valence-corrected chi connectivity index (χ0v) is 13.1. The molecule has 0 aromatic carbocycles. The van der Waals surface area contributed by atoms with Crippen molar-refractivity contribution in [1.82, 2.24) is 15.6 Å². The minimum Gasteiger partial charge on any atom is -0.448 e. The Morgan fingerprint density at radius 2 is 1.86 bits per heavy atom. The number of imide groups is 1. The molecule has 0 radical (unpaired) electrons. The van der Waals surface area contributed by atoms with Crippen LogP contribution in [0.3, 0.4) is 0 Å². The monoisotopic (exact) mass is 353 g/mol. The van der Waals surface area contributed by atoms with Crippen LogP contribution >= 0.6 is 34.8 Å². The maximum Gasteiger partial charge on any atom is 0.359 e. The van der Waals surface area contributed by atoms with Gasteiger partial charge >= 0.3 is 12.0 Å². The molecule has 3 amide bonds. The Labute approximate surface area is 134 Å². The number of nitrogens with zero attached hydrogens (tertiary/aromatic N) is 1. The van der Waals surface area contributed by atoms with Crippen molar-refractivity contribution in [3.05, 3.63) is 27.0 Å². The SMILES string of the molecule is CNC(=O)NC(=O)[C@@H](C)OC(=O)c1ncc(Cl)c(Cl)c1Cl. The second-order valence-corrected chi connectivity index (χ2v) is 4.86. The molecule has 1 atom stereocenters. The lowest BCUT2D eigenvalue weighted by molar-refractivity contribution is -0.127. The van der Waals surface area contributed by atoms with Gasteiger partial charge in [0.1, 0.15) is 0 Å². The van der Waals surface area contributed by atoms with Crippen molar-refractivity contribution in [3.63, 3.8) is 0 Å². The van der Waals surface area contributed by atoms with Gasteiger partial charge < -0.3 is 10.1 Å². The maximum atomic E-state index is 11.8. The normalized spacial score (nSPS) is 11.5. The van der Waals surface area contributed by atoms with Gasteiger partial charge in [-0.2, -0.15) is 0 Å². The molecule has 114 valence electrons. The first-order valence-corrected chi connectivity index (χ1v) is 6.64. The third-order valence-electron chi connectivity index (χ3n) is 2.23. The summed E-state index contributed by atoms with van der Waals surface area (Å²) in [5, 5.41) is 3.97. The third kappa shape index (κ3) is 4.45. The van der Waals surface area contributed by atoms with Gasteiger partial charge in [0.05, 0.1) is 15.1 Å². The van der Waals surface area contributed by atoms with Crippen LogP contribution in [0.1, 0.15) is 17.4 Å². The van der Waals surface area contributed by atoms with Gasteiger partial charge in [0, 0.05) is 13.2 Å². The van der Waals surface area contributed by atoms with Gasteiger partial charge in [-0.3, -0.25) is 10.1 Å². The Bertz CT molecular complexity index is 594. The number of halogens is 3. The van der Waals surface area contributed by atoms with Gasteiger partial charge in [-0.1, -0.05) is 34.8 Å². The second kappa shape index (κ2) is 7.44. The van der Waals surface area contributed by atoms with Crippen LogP contribution in [0.25, 0.3) is 0 Å². The second-order valence-electron chi connectivity index (χ2n) is 3.70. The van der Waals surface area contributed by atoms with Crippen LogP contribution in [0.5, 0.6) is 0 Å². The van der Waals surface area contributed by atoms with E-state index >= 15 is 0 Å². The lowest BCUT2D eigenvalue weighted by Gasteiger charge is -2.13. The molecule has 0 aliphatic rings. The number of ether oxygens (including phenoxy) is 1. The summed E-state index contributed by atoms with van der Waals surface area (Å²) in [4.78, 5) is 38.0. The largest absolute Gasteiger partial charge is 0.448 e. The van der Waals surface area contributed by atoms with Crippen LogP contribution in [-0.4, -0.2) is 36.0 Å². The average Bonchev–Trinajstić information content (AvgIpc) is 2.44. The summed E-state index contributed by atoms with van der Waals surface area (Å²) in [5.41, 5.74) is -0.286. The number of urea groups is 1. The van der Waals surface area contributed by atoms with Crippen molar-refractivity contribution >= 4 is 52.7 Å². The number of carbonyl (C=O) groups is 3. The molecule has 1 aromatic rings. The lowest BCUT2D eigenvalue weighted by Crippen LogP contribution is -2.43. The van der Waals surface area contributed by atoms with Crippen molar-refractivity contribution in [1.29, 1.82) is 0 Å². The minimum absolute atomic E-state index is 0.0530. The van der Waals surface area contributed by atoms with Crippen molar-refractivity contribution in [2.45, 2.75) is 13.0 Å². The fourth-order valence-electron chi connectivity index (χ4n) is 1.13. The number of hydrogen-bond acceptors (Lipinski definition) is 5. The molecule has 7 nitrogen and oxygen atoms in total. The third-order valence-corrected chi connectivity index (χ3v) is 3.47. The average molecular weight is 355 g/mol. The Morgan fingerprint density at radius 1 is 1.24 bits per heavy atom. The van der Waals surface area contributed by atoms with Gasteiger partial charge in [-0.15, -0.1) is 0 Å². The molecule has 0 unspecified atom stereocenters. The summed E-state index contributed by atoms with van der Waals surface area (Å²) in [6.07, 6.45) is -0.108. The molecular formula is C11H10Cl3N3O4. The number of pyridine rings is 1. The molecule has 21 heavy (non-hydrogen) atoms. The summed E-state index contributed by atoms with van der Waals surface area (Å²) in [7, 11) is 1.33. The molecule has 0 spiro atoms. The summed E-state index contributed by atoms with van der Waals surface area (Å²) in [6.45, 7) is 1.28. The highest BCUT2D eigenvalue weighted by atomic mass is 35.5. The predicted molar refractivity (Wildman–Crippen MR) is 76.7 cm³/mol. The van der Waals surface area contributed by atoms with E-state index in [0.717, 1.165) is 6.20 Å². The summed E-state index contributed by atoms with van der Waals surface area (Å²) < 4.78 is 4.84. The van der Waals surface area contributed by atoms with E-state index in [2.05, 4.69) is 10.3 Å². The first-order chi connectivity index (χ1) is 9.77. The molecule has 0 saturated carbocycles. The molecular weight excluding hydrogens is 344 g/mol. The van der Waals surface area contributed by atoms with E-state index in [1.165, 1.54) is 14.0 Å². The van der Waals surface area contributed by atoms with Gasteiger partial charge in [0.25, 0.3) is 5.91 Å². The van der Waals surface area contributed by atoms with E-state index in [1.807, 2.05) is 5.32 Å². The molecule has 1 heterocycles. The summed E-state index contributed by atoms with van der Waals surface area (Å²) in [6, 6.07) is -0.728. The first-order valence-electron chi connectivity index (χ1n) is 5.51. The molecule has 2 N–H and O–H groups in total. The van der Waals surface area contributed by atoms with E-state index in [1.54, 1.807) is 0 Å². The number of esters is 1. The van der Waals surface area contributed by atoms with Crippen molar-refractivity contribution in [3.8, 4) is 0 Å². The zero-order chi connectivity index (χ0) is 16.2. The fraction of sp³-hybridized carbons (Fsp3) is 0.273. The van der Waals surface area contributed by atoms with Crippen LogP contribution in [0.4, 0.5) is 4.79 Å². The quantitative estimate of drug-likeness (QED) is 0.810. The number of carbonyl (C=O) groups excluding carboxylic acids is 3. The molecule has 0 bridgehead atoms. The number of hydrogen-bond donors (Lipinski definition) is 2. The predicted octanol–water partition coefficient (Wildman–Crippen LogP) is 2.04. The first kappa shape index (κ1) is 17.5. The molecule has 0 saturated heterocycles. The van der Waals surface area contributed by atoms with Gasteiger partial charge in [0.15, 0.2) is 11.8 Å². The summed E-state index contributed by atoms with van der Waals surface area (Å²) >= 11 is 17.3. The highest BCUT2D eigenvalue weighted by Crippen LogP contribution is 2.31. The molecule has 1 aromatic heterocycles. The number of rotatable bonds is 3. The Hall–Kier alpha value is -1.57. The summed E-state index contributed by atoms with van der Waals surface area (Å²) in [5.74, 6) is -1.78. The number of nitrogens with one attached hydrogen (secondary N) is 2. The van der Waals surface area contributed by atoms with Gasteiger partial charge in [-0.25, -0.2) is 14.6 Å². The van der Waals surface area contributed by atoms with E-state index in [0.29, 0.717) is 0 Å². The fourth-order valence-corrected chi connectivity index (χ4v) is 1.69. The van der Waals surface area contributed by atoms with E-state index in [4.69, 9.17) is 39.5 Å². The van der Waals surface area contributed by atoms with Crippen molar-refractivity contribution in [2.75, 3.05) is 7.05 Å². The van der Waals surface area contributed by atoms with E-state index in [9.17, 15) is 14.4 Å². The van der Waals surface area contributed by atoms with Crippen LogP contribution in [-0.2, 0) is 9.53 Å².